The average Bonchev–Trinajstić information content (AvgIpc) is 2.84. The molecule has 0 spiro atoms. The summed E-state index contributed by atoms with van der Waals surface area (Å²) >= 11 is 1.05. The molecule has 0 fully saturated rings. The van der Waals surface area contributed by atoms with E-state index in [2.05, 4.69) is 15.8 Å². The van der Waals surface area contributed by atoms with Gasteiger partial charge in [0.05, 0.1) is 6.61 Å². The third kappa shape index (κ3) is 12.7. The third-order valence-corrected chi connectivity index (χ3v) is 5.39. The lowest BCUT2D eigenvalue weighted by Crippen LogP contribution is -2.49. The fraction of sp³-hybridized carbons (Fsp3) is 0.455. The van der Waals surface area contributed by atoms with Crippen LogP contribution in [0.2, 0.25) is 0 Å². The van der Waals surface area contributed by atoms with E-state index in [4.69, 9.17) is 25.5 Å². The number of nitrogens with two attached hydrogens (primary N) is 1. The van der Waals surface area contributed by atoms with Crippen LogP contribution in [-0.4, -0.2) is 82.4 Å². The molecule has 36 heavy (non-hydrogen) atoms. The fourth-order valence-electron chi connectivity index (χ4n) is 2.51. The summed E-state index contributed by atoms with van der Waals surface area (Å²) in [5.41, 5.74) is 6.16. The number of carbonyl (C=O) groups is 5. The van der Waals surface area contributed by atoms with Gasteiger partial charge >= 0.3 is 17.9 Å². The van der Waals surface area contributed by atoms with Crippen molar-refractivity contribution in [1.82, 2.24) is 10.6 Å². The summed E-state index contributed by atoms with van der Waals surface area (Å²) in [5, 5.41) is 26.1. The number of thioether (sulfide) groups is 1. The van der Waals surface area contributed by atoms with Crippen molar-refractivity contribution in [3.63, 3.8) is 0 Å². The number of benzene rings is 1. The minimum atomic E-state index is -1.28. The molecule has 13 nitrogen and oxygen atoms in total. The van der Waals surface area contributed by atoms with Crippen LogP contribution in [-0.2, 0) is 40.2 Å². The highest BCUT2D eigenvalue weighted by Crippen LogP contribution is 2.08. The molecular formula is C22H30N4O9S. The Labute approximate surface area is 211 Å². The van der Waals surface area contributed by atoms with E-state index >= 15 is 0 Å². The van der Waals surface area contributed by atoms with E-state index in [1.165, 1.54) is 0 Å². The van der Waals surface area contributed by atoms with Crippen molar-refractivity contribution in [2.24, 2.45) is 10.9 Å². The molecular weight excluding hydrogens is 496 g/mol. The number of nitrogens with zero attached hydrogens (tertiary/aromatic N) is 1. The zero-order valence-corrected chi connectivity index (χ0v) is 20.5. The number of carbonyl (C=O) groups excluding carboxylic acids is 3. The monoisotopic (exact) mass is 526 g/mol. The predicted molar refractivity (Wildman–Crippen MR) is 130 cm³/mol. The maximum Gasteiger partial charge on any atom is 0.356 e. The van der Waals surface area contributed by atoms with Crippen molar-refractivity contribution >= 4 is 47.2 Å². The first-order chi connectivity index (χ1) is 17.1. The van der Waals surface area contributed by atoms with Gasteiger partial charge in [0.25, 0.3) is 0 Å². The number of carboxylic acid groups (broad SMARTS) is 2. The number of rotatable bonds is 17. The summed E-state index contributed by atoms with van der Waals surface area (Å²) in [5.74, 6) is -4.76. The van der Waals surface area contributed by atoms with Crippen LogP contribution in [0.4, 0.5) is 0 Å². The molecule has 2 amide bonds. The van der Waals surface area contributed by atoms with Crippen molar-refractivity contribution in [2.45, 2.75) is 38.5 Å². The number of aliphatic carboxylic acids is 2. The van der Waals surface area contributed by atoms with Gasteiger partial charge in [-0.2, -0.15) is 11.8 Å². The van der Waals surface area contributed by atoms with Gasteiger partial charge in [-0.05, 0) is 18.9 Å². The van der Waals surface area contributed by atoms with Gasteiger partial charge in [0.2, 0.25) is 11.8 Å². The third-order valence-electron chi connectivity index (χ3n) is 4.35. The van der Waals surface area contributed by atoms with Crippen molar-refractivity contribution in [3.05, 3.63) is 35.9 Å². The molecule has 2 unspecified atom stereocenters. The summed E-state index contributed by atoms with van der Waals surface area (Å²) in [6.07, 6.45) is -0.417. The number of esters is 1. The molecule has 1 aromatic rings. The number of carboxylic acids is 2. The maximum absolute atomic E-state index is 12.4. The molecule has 2 atom stereocenters. The van der Waals surface area contributed by atoms with Crippen LogP contribution in [0, 0.1) is 0 Å². The number of nitrogens with one attached hydrogen (secondary N) is 2. The highest BCUT2D eigenvalue weighted by Gasteiger charge is 2.24. The first kappa shape index (κ1) is 30.4. The molecule has 14 heteroatoms. The predicted octanol–water partition coefficient (Wildman–Crippen LogP) is -0.267. The van der Waals surface area contributed by atoms with Gasteiger partial charge in [0.15, 0.2) is 5.71 Å². The average molecular weight is 527 g/mol. The number of ether oxygens (including phenoxy) is 1. The van der Waals surface area contributed by atoms with E-state index in [9.17, 15) is 24.0 Å². The first-order valence-electron chi connectivity index (χ1n) is 10.9. The molecule has 0 aromatic heterocycles. The molecule has 0 radical (unpaired) electrons. The Kier molecular flexibility index (Phi) is 14.3. The van der Waals surface area contributed by atoms with E-state index in [0.717, 1.165) is 17.3 Å². The van der Waals surface area contributed by atoms with Crippen LogP contribution >= 0.6 is 11.8 Å². The minimum Gasteiger partial charge on any atom is -0.480 e. The normalized spacial score (nSPS) is 12.7. The Hall–Kier alpha value is -3.65. The Morgan fingerprint density at radius 3 is 2.44 bits per heavy atom. The highest BCUT2D eigenvalue weighted by atomic mass is 32.2. The van der Waals surface area contributed by atoms with Crippen LogP contribution in [0.1, 0.15) is 25.3 Å². The van der Waals surface area contributed by atoms with Gasteiger partial charge < -0.3 is 36.2 Å². The standard InChI is InChI=1S/C22H30N4O9S/c1-2-34-22(33)17(26-35-11-14-6-4-3-5-7-14)13-36-12-16(20(30)24-10-19(28)29)25-18(27)9-8-15(23)21(31)32/h3-7,15-16H,2,8-13,23H2,1H3,(H,24,30)(H,25,27)(H,28,29)(H,31,32)/b26-17+. The summed E-state index contributed by atoms with van der Waals surface area (Å²) in [4.78, 5) is 63.7. The Bertz CT molecular complexity index is 927. The van der Waals surface area contributed by atoms with E-state index in [0.29, 0.717) is 0 Å². The van der Waals surface area contributed by atoms with Crippen LogP contribution in [0.3, 0.4) is 0 Å². The van der Waals surface area contributed by atoms with E-state index < -0.39 is 48.4 Å². The summed E-state index contributed by atoms with van der Waals surface area (Å²) < 4.78 is 4.98. The Balaban J connectivity index is 2.78. The lowest BCUT2D eigenvalue weighted by atomic mass is 10.1. The second-order valence-corrected chi connectivity index (χ2v) is 8.28. The molecule has 0 saturated carbocycles. The number of amides is 2. The Morgan fingerprint density at radius 1 is 1.14 bits per heavy atom. The molecule has 1 aromatic carbocycles. The second kappa shape index (κ2) is 16.9. The van der Waals surface area contributed by atoms with Gasteiger partial charge in [-0.25, -0.2) is 4.79 Å². The molecule has 0 saturated heterocycles. The zero-order valence-electron chi connectivity index (χ0n) is 19.7. The van der Waals surface area contributed by atoms with E-state index in [-0.39, 0.29) is 43.3 Å². The second-order valence-electron chi connectivity index (χ2n) is 7.25. The van der Waals surface area contributed by atoms with Gasteiger partial charge in [-0.1, -0.05) is 35.5 Å². The quantitative estimate of drug-likeness (QED) is 0.101. The number of hydrogen-bond donors (Lipinski definition) is 5. The van der Waals surface area contributed by atoms with Crippen LogP contribution in [0.5, 0.6) is 0 Å². The first-order valence-corrected chi connectivity index (χ1v) is 12.0. The lowest BCUT2D eigenvalue weighted by Gasteiger charge is -2.18. The largest absolute Gasteiger partial charge is 0.480 e. The van der Waals surface area contributed by atoms with Crippen LogP contribution < -0.4 is 16.4 Å². The molecule has 0 heterocycles. The molecule has 0 aliphatic heterocycles. The van der Waals surface area contributed by atoms with Crippen LogP contribution in [0.15, 0.2) is 35.5 Å². The summed E-state index contributed by atoms with van der Waals surface area (Å²) in [6.45, 7) is 1.18. The smallest absolute Gasteiger partial charge is 0.356 e. The van der Waals surface area contributed by atoms with Crippen molar-refractivity contribution in [1.29, 1.82) is 0 Å². The Morgan fingerprint density at radius 2 is 1.83 bits per heavy atom. The highest BCUT2D eigenvalue weighted by molar-refractivity contribution is 8.00. The zero-order chi connectivity index (χ0) is 26.9. The van der Waals surface area contributed by atoms with Crippen LogP contribution in [0.25, 0.3) is 0 Å². The SMILES string of the molecule is CCOC(=O)/C(CSCC(NC(=O)CCC(N)C(=O)O)C(=O)NCC(=O)O)=N/OCc1ccccc1. The van der Waals surface area contributed by atoms with Gasteiger partial charge in [-0.15, -0.1) is 0 Å². The molecule has 1 rings (SSSR count). The summed E-state index contributed by atoms with van der Waals surface area (Å²) in [6, 6.07) is 6.71. The van der Waals surface area contributed by atoms with Gasteiger partial charge in [0.1, 0.15) is 25.2 Å². The molecule has 0 aliphatic rings. The number of oxime groups is 1. The minimum absolute atomic E-state index is 0.0317. The molecule has 6 N–H and O–H groups in total. The molecule has 198 valence electrons. The maximum atomic E-state index is 12.4. The molecule has 0 bridgehead atoms. The van der Waals surface area contributed by atoms with Gasteiger partial charge in [0, 0.05) is 17.9 Å². The van der Waals surface area contributed by atoms with Crippen molar-refractivity contribution in [2.75, 3.05) is 24.7 Å². The van der Waals surface area contributed by atoms with Gasteiger partial charge in [-0.3, -0.25) is 19.2 Å². The summed E-state index contributed by atoms with van der Waals surface area (Å²) in [7, 11) is 0. The molecule has 0 aliphatic carbocycles. The van der Waals surface area contributed by atoms with E-state index in [1.54, 1.807) is 6.92 Å². The van der Waals surface area contributed by atoms with Crippen molar-refractivity contribution < 1.29 is 43.8 Å². The van der Waals surface area contributed by atoms with E-state index in [1.807, 2.05) is 30.3 Å². The number of hydrogen-bond acceptors (Lipinski definition) is 10. The van der Waals surface area contributed by atoms with Crippen molar-refractivity contribution in [3.8, 4) is 0 Å². The fourth-order valence-corrected chi connectivity index (χ4v) is 3.47. The topological polar surface area (TPSA) is 207 Å². The lowest BCUT2D eigenvalue weighted by molar-refractivity contribution is -0.139.